The molecule has 1 unspecified atom stereocenters. The SMILES string of the molecule is C=CCOC(=O)N1c2cc(C)c(OC)cc2C(=O)N2C=C(C)C[C@H]2C1O.C=CCOC(=O)Nc1cc(C)c(OC)cc1C(=O)N1C=C(C)C[C@H]1CO. The Balaban J connectivity index is 0.000000233. The van der Waals surface area contributed by atoms with Gasteiger partial charge in [0.15, 0.2) is 6.23 Å². The summed E-state index contributed by atoms with van der Waals surface area (Å²) in [6.07, 6.45) is 4.75. The number of carbonyl (C=O) groups excluding carboxylic acids is 4. The van der Waals surface area contributed by atoms with E-state index in [-0.39, 0.29) is 48.8 Å². The number of aryl methyl sites for hydroxylation is 2. The van der Waals surface area contributed by atoms with Gasteiger partial charge in [-0.05, 0) is 75.9 Å². The molecule has 3 heterocycles. The van der Waals surface area contributed by atoms with Crippen molar-refractivity contribution in [1.29, 1.82) is 0 Å². The van der Waals surface area contributed by atoms with Crippen molar-refractivity contribution >= 4 is 35.4 Å². The van der Waals surface area contributed by atoms with E-state index in [1.54, 1.807) is 43.6 Å². The van der Waals surface area contributed by atoms with Crippen molar-refractivity contribution in [2.75, 3.05) is 44.3 Å². The van der Waals surface area contributed by atoms with Gasteiger partial charge in [-0.25, -0.2) is 14.5 Å². The van der Waals surface area contributed by atoms with Crippen molar-refractivity contribution in [1.82, 2.24) is 9.80 Å². The summed E-state index contributed by atoms with van der Waals surface area (Å²) < 4.78 is 20.7. The Kier molecular flexibility index (Phi) is 12.9. The van der Waals surface area contributed by atoms with E-state index in [2.05, 4.69) is 18.5 Å². The van der Waals surface area contributed by atoms with E-state index in [0.29, 0.717) is 35.7 Å². The quantitative estimate of drug-likeness (QED) is 0.285. The minimum absolute atomic E-state index is 0.00608. The molecule has 2 aromatic carbocycles. The first-order chi connectivity index (χ1) is 24.8. The van der Waals surface area contributed by atoms with E-state index in [9.17, 15) is 29.4 Å². The van der Waals surface area contributed by atoms with E-state index in [1.165, 1.54) is 36.2 Å². The standard InChI is InChI=1S/C19H22N2O5.C19H24N2O5/c1-5-6-26-19(24)21-14-8-12(3)16(25-4)9-13(14)17(22)20-10-11(2)7-15(20)18(21)23;1-5-6-26-19(24)20-16-8-13(3)17(25-4)9-15(16)18(23)21-10-12(2)7-14(21)11-22/h5,8-10,15,18,23H,1,6-7H2,2-4H3;5,8-10,14,22H,1,6-7,11H2,2-4H3,(H,20,24)/t15-,18?;14-/m00/s1. The highest BCUT2D eigenvalue weighted by Crippen LogP contribution is 2.39. The summed E-state index contributed by atoms with van der Waals surface area (Å²) in [6.45, 7) is 14.3. The largest absolute Gasteiger partial charge is 0.496 e. The van der Waals surface area contributed by atoms with Crippen molar-refractivity contribution in [2.45, 2.75) is 58.8 Å². The van der Waals surface area contributed by atoms with Gasteiger partial charge in [0.25, 0.3) is 11.8 Å². The van der Waals surface area contributed by atoms with Gasteiger partial charge in [0, 0.05) is 12.4 Å². The first-order valence-corrected chi connectivity index (χ1v) is 16.6. The lowest BCUT2D eigenvalue weighted by molar-refractivity contribution is 0.0556. The van der Waals surface area contributed by atoms with E-state index in [4.69, 9.17) is 18.9 Å². The molecular formula is C38H46N4O10. The predicted molar refractivity (Wildman–Crippen MR) is 194 cm³/mol. The molecule has 14 nitrogen and oxygen atoms in total. The maximum Gasteiger partial charge on any atom is 0.416 e. The highest BCUT2D eigenvalue weighted by Gasteiger charge is 2.44. The third-order valence-electron chi connectivity index (χ3n) is 8.71. The molecule has 2 aromatic rings. The van der Waals surface area contributed by atoms with Gasteiger partial charge < -0.3 is 39.0 Å². The average Bonchev–Trinajstić information content (AvgIpc) is 3.69. The van der Waals surface area contributed by atoms with Crippen LogP contribution in [0.3, 0.4) is 0 Å². The second kappa shape index (κ2) is 17.1. The molecule has 52 heavy (non-hydrogen) atoms. The number of nitrogens with zero attached hydrogens (tertiary/aromatic N) is 3. The van der Waals surface area contributed by atoms with Crippen LogP contribution in [0, 0.1) is 13.8 Å². The molecule has 3 atom stereocenters. The first kappa shape index (κ1) is 39.2. The number of hydrogen-bond donors (Lipinski definition) is 3. The molecule has 3 N–H and O–H groups in total. The monoisotopic (exact) mass is 718 g/mol. The van der Waals surface area contributed by atoms with Crippen molar-refractivity contribution in [3.05, 3.63) is 95.4 Å². The first-order valence-electron chi connectivity index (χ1n) is 16.6. The molecule has 3 aliphatic rings. The predicted octanol–water partition coefficient (Wildman–Crippen LogP) is 5.43. The molecule has 278 valence electrons. The molecule has 0 bridgehead atoms. The van der Waals surface area contributed by atoms with Crippen molar-refractivity contribution < 1.29 is 48.3 Å². The van der Waals surface area contributed by atoms with E-state index in [1.807, 2.05) is 20.8 Å². The molecular weight excluding hydrogens is 672 g/mol. The zero-order chi connectivity index (χ0) is 38.3. The van der Waals surface area contributed by atoms with Gasteiger partial charge in [-0.15, -0.1) is 0 Å². The lowest BCUT2D eigenvalue weighted by atomic mass is 10.1. The van der Waals surface area contributed by atoms with Gasteiger partial charge in [0.05, 0.1) is 55.4 Å². The summed E-state index contributed by atoms with van der Waals surface area (Å²) in [5, 5.41) is 23.1. The van der Waals surface area contributed by atoms with Gasteiger partial charge in [0.1, 0.15) is 24.7 Å². The van der Waals surface area contributed by atoms with Gasteiger partial charge in [-0.1, -0.05) is 36.5 Å². The number of carbonyl (C=O) groups is 4. The van der Waals surface area contributed by atoms with Crippen molar-refractivity contribution in [3.63, 3.8) is 0 Å². The van der Waals surface area contributed by atoms with Gasteiger partial charge in [0.2, 0.25) is 0 Å². The zero-order valence-electron chi connectivity index (χ0n) is 30.3. The van der Waals surface area contributed by atoms with Crippen molar-refractivity contribution in [2.24, 2.45) is 0 Å². The van der Waals surface area contributed by atoms with Gasteiger partial charge >= 0.3 is 12.2 Å². The molecule has 0 spiro atoms. The minimum Gasteiger partial charge on any atom is -0.496 e. The highest BCUT2D eigenvalue weighted by molar-refractivity contribution is 6.06. The second-order valence-electron chi connectivity index (χ2n) is 12.6. The minimum atomic E-state index is -1.24. The van der Waals surface area contributed by atoms with Crippen LogP contribution < -0.4 is 19.7 Å². The van der Waals surface area contributed by atoms with Gasteiger partial charge in [-0.3, -0.25) is 14.9 Å². The summed E-state index contributed by atoms with van der Waals surface area (Å²) >= 11 is 0. The Labute approximate surface area is 303 Å². The Morgan fingerprint density at radius 2 is 1.52 bits per heavy atom. The third kappa shape index (κ3) is 8.30. The molecule has 0 aliphatic carbocycles. The van der Waals surface area contributed by atoms with Crippen LogP contribution in [0.15, 0.2) is 73.1 Å². The molecule has 0 saturated heterocycles. The number of aliphatic hydroxyl groups is 2. The molecule has 4 amide bonds. The normalized spacial score (nSPS) is 18.8. The number of rotatable bonds is 9. The molecule has 14 heteroatoms. The third-order valence-corrected chi connectivity index (χ3v) is 8.71. The van der Waals surface area contributed by atoms with E-state index < -0.39 is 24.5 Å². The second-order valence-corrected chi connectivity index (χ2v) is 12.6. The summed E-state index contributed by atoms with van der Waals surface area (Å²) in [5.41, 5.74) is 4.59. The van der Waals surface area contributed by atoms with Crippen LogP contribution in [0.5, 0.6) is 11.5 Å². The van der Waals surface area contributed by atoms with E-state index in [0.717, 1.165) is 27.2 Å². The molecule has 0 aromatic heterocycles. The zero-order valence-corrected chi connectivity index (χ0v) is 30.3. The van der Waals surface area contributed by atoms with E-state index >= 15 is 0 Å². The Morgan fingerprint density at radius 3 is 2.15 bits per heavy atom. The number of ether oxygens (including phenoxy) is 4. The number of nitrogens with one attached hydrogen (secondary N) is 1. The Bertz CT molecular complexity index is 1800. The lowest BCUT2D eigenvalue weighted by Gasteiger charge is -2.31. The molecule has 0 radical (unpaired) electrons. The van der Waals surface area contributed by atoms with Crippen LogP contribution >= 0.6 is 0 Å². The average molecular weight is 719 g/mol. The number of methoxy groups -OCH3 is 2. The fourth-order valence-corrected chi connectivity index (χ4v) is 6.25. The number of amides is 4. The topological polar surface area (TPSA) is 167 Å². The van der Waals surface area contributed by atoms with Crippen LogP contribution in [-0.4, -0.2) is 96.4 Å². The molecule has 5 rings (SSSR count). The molecule has 0 saturated carbocycles. The molecule has 3 aliphatic heterocycles. The smallest absolute Gasteiger partial charge is 0.416 e. The number of aliphatic hydroxyl groups excluding tert-OH is 2. The van der Waals surface area contributed by atoms with Crippen LogP contribution in [0.2, 0.25) is 0 Å². The van der Waals surface area contributed by atoms with Crippen LogP contribution in [0.4, 0.5) is 21.0 Å². The molecule has 0 fully saturated rings. The fourth-order valence-electron chi connectivity index (χ4n) is 6.25. The maximum absolute atomic E-state index is 13.1. The number of anilines is 2. The van der Waals surface area contributed by atoms with Crippen LogP contribution in [0.1, 0.15) is 58.5 Å². The lowest BCUT2D eigenvalue weighted by Crippen LogP contribution is -2.50. The number of benzene rings is 2. The van der Waals surface area contributed by atoms with Crippen LogP contribution in [-0.2, 0) is 9.47 Å². The van der Waals surface area contributed by atoms with Crippen molar-refractivity contribution in [3.8, 4) is 11.5 Å². The Morgan fingerprint density at radius 1 is 0.904 bits per heavy atom. The number of fused-ring (bicyclic) bond motifs is 2. The van der Waals surface area contributed by atoms with Crippen LogP contribution in [0.25, 0.3) is 0 Å². The Hall–Kier alpha value is -5.60. The summed E-state index contributed by atoms with van der Waals surface area (Å²) in [5.74, 6) is 0.430. The maximum atomic E-state index is 13.1. The number of hydrogen-bond acceptors (Lipinski definition) is 10. The summed E-state index contributed by atoms with van der Waals surface area (Å²) in [6, 6.07) is 5.59. The summed E-state index contributed by atoms with van der Waals surface area (Å²) in [7, 11) is 3.03. The highest BCUT2D eigenvalue weighted by atomic mass is 16.6. The summed E-state index contributed by atoms with van der Waals surface area (Å²) in [4.78, 5) is 54.8. The van der Waals surface area contributed by atoms with Gasteiger partial charge in [-0.2, -0.15) is 0 Å². The fraction of sp³-hybridized carbons (Fsp3) is 0.368.